The molecule has 0 fully saturated rings. The van der Waals surface area contributed by atoms with Gasteiger partial charge in [0.15, 0.2) is 0 Å². The van der Waals surface area contributed by atoms with E-state index < -0.39 is 10.0 Å². The summed E-state index contributed by atoms with van der Waals surface area (Å²) in [7, 11) is -3.87. The molecule has 0 aliphatic carbocycles. The Morgan fingerprint density at radius 1 is 0.967 bits per heavy atom. The minimum absolute atomic E-state index is 0.0623. The van der Waals surface area contributed by atoms with Gasteiger partial charge in [-0.25, -0.2) is 8.42 Å². The maximum absolute atomic E-state index is 13.3. The first-order chi connectivity index (χ1) is 14.4. The molecule has 0 bridgehead atoms. The van der Waals surface area contributed by atoms with E-state index in [1.807, 2.05) is 38.1 Å². The number of hydrogen-bond donors (Lipinski definition) is 1. The number of carbonyl (C=O) groups is 1. The van der Waals surface area contributed by atoms with Crippen LogP contribution < -0.4 is 9.46 Å². The first-order valence-electron chi connectivity index (χ1n) is 9.88. The summed E-state index contributed by atoms with van der Waals surface area (Å²) in [6.07, 6.45) is 0. The number of hydrogen-bond acceptors (Lipinski definition) is 4. The van der Waals surface area contributed by atoms with Gasteiger partial charge in [-0.15, -0.1) is 0 Å². The molecule has 30 heavy (non-hydrogen) atoms. The zero-order chi connectivity index (χ0) is 21.7. The molecule has 0 radical (unpaired) electrons. The van der Waals surface area contributed by atoms with Gasteiger partial charge in [-0.05, 0) is 37.6 Å². The van der Waals surface area contributed by atoms with E-state index in [0.29, 0.717) is 36.5 Å². The molecule has 0 heterocycles. The number of nitrogens with one attached hydrogen (secondary N) is 1. The molecule has 3 aromatic carbocycles. The molecule has 3 aromatic rings. The monoisotopic (exact) mass is 426 g/mol. The molecular formula is C23H26N2O4S. The molecule has 3 rings (SSSR count). The Morgan fingerprint density at radius 3 is 2.30 bits per heavy atom. The fraction of sp³-hybridized carbons (Fsp3) is 0.261. The summed E-state index contributed by atoms with van der Waals surface area (Å²) in [6, 6.07) is 17.6. The van der Waals surface area contributed by atoms with Gasteiger partial charge in [0.05, 0.1) is 17.2 Å². The van der Waals surface area contributed by atoms with Crippen molar-refractivity contribution in [1.29, 1.82) is 0 Å². The van der Waals surface area contributed by atoms with Crippen LogP contribution in [0.15, 0.2) is 65.6 Å². The third kappa shape index (κ3) is 4.57. The summed E-state index contributed by atoms with van der Waals surface area (Å²) in [4.78, 5) is 13.6. The lowest BCUT2D eigenvalue weighted by atomic mass is 10.1. The standard InChI is InChI=1S/C23H26N2O4S/c1-4-25(17(3)26)16-18-10-6-9-13-21(18)24-30(27,28)23-15-14-22(29-5-2)19-11-7-8-12-20(19)23/h6-15,24H,4-5,16H2,1-3H3. The topological polar surface area (TPSA) is 75.7 Å². The smallest absolute Gasteiger partial charge is 0.262 e. The highest BCUT2D eigenvalue weighted by Gasteiger charge is 2.21. The lowest BCUT2D eigenvalue weighted by Gasteiger charge is -2.21. The third-order valence-corrected chi connectivity index (χ3v) is 6.31. The van der Waals surface area contributed by atoms with Gasteiger partial charge in [-0.1, -0.05) is 42.5 Å². The molecule has 0 saturated carbocycles. The van der Waals surface area contributed by atoms with Crippen LogP contribution in [-0.4, -0.2) is 32.4 Å². The predicted molar refractivity (Wildman–Crippen MR) is 119 cm³/mol. The van der Waals surface area contributed by atoms with Gasteiger partial charge < -0.3 is 9.64 Å². The number of ether oxygens (including phenoxy) is 1. The normalized spacial score (nSPS) is 11.3. The largest absolute Gasteiger partial charge is 0.493 e. The summed E-state index contributed by atoms with van der Waals surface area (Å²) >= 11 is 0. The molecule has 7 heteroatoms. The van der Waals surface area contributed by atoms with Crippen LogP contribution in [0.1, 0.15) is 26.3 Å². The number of sulfonamides is 1. The maximum atomic E-state index is 13.3. The molecule has 6 nitrogen and oxygen atoms in total. The Labute approximate surface area is 177 Å². The Morgan fingerprint density at radius 2 is 1.63 bits per heavy atom. The van der Waals surface area contributed by atoms with Crippen molar-refractivity contribution in [2.75, 3.05) is 17.9 Å². The van der Waals surface area contributed by atoms with Crippen LogP contribution in [0.25, 0.3) is 10.8 Å². The number of anilines is 1. The quantitative estimate of drug-likeness (QED) is 0.579. The summed E-state index contributed by atoms with van der Waals surface area (Å²) in [5, 5.41) is 1.33. The van der Waals surface area contributed by atoms with E-state index in [4.69, 9.17) is 4.74 Å². The minimum atomic E-state index is -3.87. The first kappa shape index (κ1) is 21.6. The minimum Gasteiger partial charge on any atom is -0.493 e. The number of carbonyl (C=O) groups excluding carboxylic acids is 1. The van der Waals surface area contributed by atoms with Crippen molar-refractivity contribution in [3.8, 4) is 5.75 Å². The summed E-state index contributed by atoms with van der Waals surface area (Å²) in [5.41, 5.74) is 1.18. The highest BCUT2D eigenvalue weighted by atomic mass is 32.2. The molecule has 0 atom stereocenters. The molecule has 0 aliphatic heterocycles. The van der Waals surface area contributed by atoms with Crippen LogP contribution in [-0.2, 0) is 21.4 Å². The van der Waals surface area contributed by atoms with Crippen LogP contribution in [0.3, 0.4) is 0 Å². The van der Waals surface area contributed by atoms with Crippen molar-refractivity contribution in [2.24, 2.45) is 0 Å². The molecule has 0 unspecified atom stereocenters. The highest BCUT2D eigenvalue weighted by Crippen LogP contribution is 2.32. The van der Waals surface area contributed by atoms with Gasteiger partial charge >= 0.3 is 0 Å². The summed E-state index contributed by atoms with van der Waals surface area (Å²) < 4.78 is 34.9. The van der Waals surface area contributed by atoms with Crippen LogP contribution in [0.5, 0.6) is 5.75 Å². The van der Waals surface area contributed by atoms with Gasteiger partial charge in [0, 0.05) is 30.8 Å². The van der Waals surface area contributed by atoms with E-state index >= 15 is 0 Å². The molecule has 0 aromatic heterocycles. The lowest BCUT2D eigenvalue weighted by molar-refractivity contribution is -0.129. The number of rotatable bonds is 8. The summed E-state index contributed by atoms with van der Waals surface area (Å²) in [6.45, 7) is 6.64. The molecule has 0 aliphatic rings. The van der Waals surface area contributed by atoms with Crippen molar-refractivity contribution in [3.05, 3.63) is 66.2 Å². The lowest BCUT2D eigenvalue weighted by Crippen LogP contribution is -2.28. The molecular weight excluding hydrogens is 400 g/mol. The Kier molecular flexibility index (Phi) is 6.62. The molecule has 158 valence electrons. The number of benzene rings is 3. The summed E-state index contributed by atoms with van der Waals surface area (Å²) in [5.74, 6) is 0.583. The van der Waals surface area contributed by atoms with E-state index in [0.717, 1.165) is 10.9 Å². The molecule has 0 spiro atoms. The number of fused-ring (bicyclic) bond motifs is 1. The molecule has 1 N–H and O–H groups in total. The van der Waals surface area contributed by atoms with E-state index in [1.54, 1.807) is 41.3 Å². The highest BCUT2D eigenvalue weighted by molar-refractivity contribution is 7.93. The van der Waals surface area contributed by atoms with Crippen molar-refractivity contribution in [2.45, 2.75) is 32.2 Å². The fourth-order valence-electron chi connectivity index (χ4n) is 3.37. The van der Waals surface area contributed by atoms with E-state index in [-0.39, 0.29) is 10.8 Å². The Hall–Kier alpha value is -3.06. The number of para-hydroxylation sites is 1. The SMILES string of the molecule is CCOc1ccc(S(=O)(=O)Nc2ccccc2CN(CC)C(C)=O)c2ccccc12. The van der Waals surface area contributed by atoms with Crippen molar-refractivity contribution >= 4 is 32.4 Å². The van der Waals surface area contributed by atoms with Gasteiger partial charge in [-0.2, -0.15) is 0 Å². The average Bonchev–Trinajstić information content (AvgIpc) is 2.73. The Bertz CT molecular complexity index is 1160. The zero-order valence-electron chi connectivity index (χ0n) is 17.4. The second-order valence-electron chi connectivity index (χ2n) is 6.84. The van der Waals surface area contributed by atoms with Gasteiger partial charge in [-0.3, -0.25) is 9.52 Å². The van der Waals surface area contributed by atoms with E-state index in [9.17, 15) is 13.2 Å². The van der Waals surface area contributed by atoms with Crippen LogP contribution in [0.2, 0.25) is 0 Å². The van der Waals surface area contributed by atoms with Gasteiger partial charge in [0.25, 0.3) is 10.0 Å². The zero-order valence-corrected chi connectivity index (χ0v) is 18.2. The van der Waals surface area contributed by atoms with Crippen LogP contribution in [0.4, 0.5) is 5.69 Å². The van der Waals surface area contributed by atoms with Gasteiger partial charge in [0.2, 0.25) is 5.91 Å². The third-order valence-electron chi connectivity index (χ3n) is 4.88. The number of nitrogens with zero attached hydrogens (tertiary/aromatic N) is 1. The fourth-order valence-corrected chi connectivity index (χ4v) is 4.68. The van der Waals surface area contributed by atoms with E-state index in [2.05, 4.69) is 4.72 Å². The van der Waals surface area contributed by atoms with Gasteiger partial charge in [0.1, 0.15) is 5.75 Å². The number of amides is 1. The average molecular weight is 427 g/mol. The Balaban J connectivity index is 2.01. The second kappa shape index (κ2) is 9.17. The first-order valence-corrected chi connectivity index (χ1v) is 11.4. The van der Waals surface area contributed by atoms with Crippen LogP contribution in [0, 0.1) is 0 Å². The van der Waals surface area contributed by atoms with Crippen LogP contribution >= 0.6 is 0 Å². The second-order valence-corrected chi connectivity index (χ2v) is 8.49. The van der Waals surface area contributed by atoms with E-state index in [1.165, 1.54) is 6.92 Å². The van der Waals surface area contributed by atoms with Crippen molar-refractivity contribution < 1.29 is 17.9 Å². The maximum Gasteiger partial charge on any atom is 0.262 e. The predicted octanol–water partition coefficient (Wildman–Crippen LogP) is 4.41. The molecule has 0 saturated heterocycles. The molecule has 1 amide bonds. The van der Waals surface area contributed by atoms with Crippen molar-refractivity contribution in [1.82, 2.24) is 4.90 Å². The van der Waals surface area contributed by atoms with Crippen molar-refractivity contribution in [3.63, 3.8) is 0 Å².